The third-order valence-electron chi connectivity index (χ3n) is 3.20. The number of nitrogens with zero attached hydrogens (tertiary/aromatic N) is 1. The number of rotatable bonds is 4. The minimum Gasteiger partial charge on any atom is -0.435 e. The molecule has 0 aliphatic carbocycles. The van der Waals surface area contributed by atoms with E-state index in [1.165, 1.54) is 12.1 Å². The van der Waals surface area contributed by atoms with Gasteiger partial charge in [0, 0.05) is 19.6 Å². The largest absolute Gasteiger partial charge is 0.435 e. The van der Waals surface area contributed by atoms with Crippen LogP contribution >= 0.6 is 0 Å². The summed E-state index contributed by atoms with van der Waals surface area (Å²) in [5, 5.41) is 3.24. The summed E-state index contributed by atoms with van der Waals surface area (Å²) < 4.78 is 28.3. The normalized spacial score (nSPS) is 16.1. The van der Waals surface area contributed by atoms with E-state index in [9.17, 15) is 13.6 Å². The number of hydrogen-bond acceptors (Lipinski definition) is 3. The Morgan fingerprint density at radius 1 is 1.25 bits per heavy atom. The lowest BCUT2D eigenvalue weighted by Gasteiger charge is -2.20. The maximum absolute atomic E-state index is 12.1. The summed E-state index contributed by atoms with van der Waals surface area (Å²) in [5.41, 5.74) is 0.800. The van der Waals surface area contributed by atoms with Crippen LogP contribution in [0.15, 0.2) is 24.3 Å². The van der Waals surface area contributed by atoms with Gasteiger partial charge in [0.15, 0.2) is 0 Å². The zero-order valence-electron chi connectivity index (χ0n) is 11.1. The molecular formula is C14H18F2N2O2. The molecule has 1 fully saturated rings. The number of carbonyl (C=O) groups is 1. The number of amides is 1. The average Bonchev–Trinajstić information content (AvgIpc) is 2.69. The van der Waals surface area contributed by atoms with E-state index in [1.807, 2.05) is 4.90 Å². The number of alkyl halides is 2. The first-order valence-corrected chi connectivity index (χ1v) is 6.67. The van der Waals surface area contributed by atoms with Crippen LogP contribution in [-0.4, -0.2) is 43.6 Å². The Morgan fingerprint density at radius 2 is 2.00 bits per heavy atom. The van der Waals surface area contributed by atoms with Gasteiger partial charge in [-0.1, -0.05) is 12.1 Å². The second-order valence-corrected chi connectivity index (χ2v) is 4.68. The van der Waals surface area contributed by atoms with Crippen molar-refractivity contribution in [1.29, 1.82) is 0 Å². The van der Waals surface area contributed by atoms with Crippen molar-refractivity contribution in [2.24, 2.45) is 0 Å². The zero-order chi connectivity index (χ0) is 14.4. The van der Waals surface area contributed by atoms with Gasteiger partial charge in [0.2, 0.25) is 5.91 Å². The highest BCUT2D eigenvalue weighted by atomic mass is 19.3. The third-order valence-corrected chi connectivity index (χ3v) is 3.20. The van der Waals surface area contributed by atoms with Gasteiger partial charge >= 0.3 is 6.61 Å². The number of ether oxygens (including phenoxy) is 1. The molecule has 6 heteroatoms. The van der Waals surface area contributed by atoms with Crippen molar-refractivity contribution in [3.63, 3.8) is 0 Å². The van der Waals surface area contributed by atoms with Crippen LogP contribution in [0.4, 0.5) is 8.78 Å². The first-order valence-electron chi connectivity index (χ1n) is 6.67. The van der Waals surface area contributed by atoms with Crippen LogP contribution in [0.25, 0.3) is 0 Å². The topological polar surface area (TPSA) is 41.6 Å². The van der Waals surface area contributed by atoms with Gasteiger partial charge in [-0.3, -0.25) is 4.79 Å². The summed E-state index contributed by atoms with van der Waals surface area (Å²) in [6.45, 7) is 0.396. The van der Waals surface area contributed by atoms with E-state index in [0.29, 0.717) is 6.54 Å². The fourth-order valence-electron chi connectivity index (χ4n) is 2.17. The molecule has 2 rings (SSSR count). The van der Waals surface area contributed by atoms with Crippen molar-refractivity contribution >= 4 is 5.91 Å². The number of carbonyl (C=O) groups excluding carboxylic acids is 1. The van der Waals surface area contributed by atoms with E-state index < -0.39 is 6.61 Å². The summed E-state index contributed by atoms with van der Waals surface area (Å²) in [4.78, 5) is 14.0. The van der Waals surface area contributed by atoms with Gasteiger partial charge < -0.3 is 15.0 Å². The molecule has 1 saturated heterocycles. The van der Waals surface area contributed by atoms with Crippen molar-refractivity contribution in [3.8, 4) is 5.75 Å². The van der Waals surface area contributed by atoms with Crippen LogP contribution in [0, 0.1) is 0 Å². The van der Waals surface area contributed by atoms with Crippen LogP contribution in [0.2, 0.25) is 0 Å². The fourth-order valence-corrected chi connectivity index (χ4v) is 2.17. The van der Waals surface area contributed by atoms with Crippen LogP contribution in [0.1, 0.15) is 12.0 Å². The monoisotopic (exact) mass is 284 g/mol. The average molecular weight is 284 g/mol. The first kappa shape index (κ1) is 14.7. The Kier molecular flexibility index (Phi) is 5.29. The molecule has 1 amide bonds. The number of hydrogen-bond donors (Lipinski definition) is 1. The molecule has 0 aromatic heterocycles. The van der Waals surface area contributed by atoms with Crippen LogP contribution < -0.4 is 10.1 Å². The molecule has 1 N–H and O–H groups in total. The minimum absolute atomic E-state index is 0.0660. The van der Waals surface area contributed by atoms with E-state index in [-0.39, 0.29) is 18.1 Å². The molecule has 1 aliphatic rings. The van der Waals surface area contributed by atoms with Gasteiger partial charge in [-0.25, -0.2) is 0 Å². The summed E-state index contributed by atoms with van der Waals surface area (Å²) in [6.07, 6.45) is 1.24. The quantitative estimate of drug-likeness (QED) is 0.914. The second-order valence-electron chi connectivity index (χ2n) is 4.68. The maximum atomic E-state index is 12.1. The molecule has 0 saturated carbocycles. The van der Waals surface area contributed by atoms with E-state index in [1.54, 1.807) is 12.1 Å². The van der Waals surface area contributed by atoms with Gasteiger partial charge in [0.05, 0.1) is 6.42 Å². The lowest BCUT2D eigenvalue weighted by molar-refractivity contribution is -0.130. The molecule has 1 aromatic rings. The molecule has 1 heterocycles. The van der Waals surface area contributed by atoms with Gasteiger partial charge in [0.1, 0.15) is 5.75 Å². The zero-order valence-corrected chi connectivity index (χ0v) is 11.1. The summed E-state index contributed by atoms with van der Waals surface area (Å²) in [7, 11) is 0. The molecule has 1 aliphatic heterocycles. The molecular weight excluding hydrogens is 266 g/mol. The van der Waals surface area contributed by atoms with Crippen LogP contribution in [-0.2, 0) is 11.2 Å². The van der Waals surface area contributed by atoms with Gasteiger partial charge in [-0.15, -0.1) is 0 Å². The Labute approximate surface area is 116 Å². The van der Waals surface area contributed by atoms with Crippen molar-refractivity contribution < 1.29 is 18.3 Å². The van der Waals surface area contributed by atoms with Crippen molar-refractivity contribution in [1.82, 2.24) is 10.2 Å². The predicted octanol–water partition coefficient (Wildman–Crippen LogP) is 1.65. The van der Waals surface area contributed by atoms with Crippen molar-refractivity contribution in [2.75, 3.05) is 26.2 Å². The summed E-state index contributed by atoms with van der Waals surface area (Å²) in [6, 6.07) is 6.20. The summed E-state index contributed by atoms with van der Waals surface area (Å²) >= 11 is 0. The molecule has 4 nitrogen and oxygen atoms in total. The molecule has 20 heavy (non-hydrogen) atoms. The molecule has 0 spiro atoms. The Hall–Kier alpha value is -1.69. The molecule has 0 bridgehead atoms. The fraction of sp³-hybridized carbons (Fsp3) is 0.500. The van der Waals surface area contributed by atoms with E-state index in [4.69, 9.17) is 0 Å². The molecule has 1 aromatic carbocycles. The number of nitrogens with one attached hydrogen (secondary N) is 1. The molecule has 110 valence electrons. The minimum atomic E-state index is -2.83. The Bertz CT molecular complexity index is 429. The first-order chi connectivity index (χ1) is 9.65. The van der Waals surface area contributed by atoms with Crippen molar-refractivity contribution in [3.05, 3.63) is 29.8 Å². The number of benzene rings is 1. The maximum Gasteiger partial charge on any atom is 0.387 e. The predicted molar refractivity (Wildman–Crippen MR) is 70.8 cm³/mol. The smallest absolute Gasteiger partial charge is 0.387 e. The molecule has 0 unspecified atom stereocenters. The molecule has 0 atom stereocenters. The Balaban J connectivity index is 1.90. The van der Waals surface area contributed by atoms with Crippen LogP contribution in [0.3, 0.4) is 0 Å². The SMILES string of the molecule is O=C(Cc1ccc(OC(F)F)cc1)N1CCCNCC1. The van der Waals surface area contributed by atoms with Gasteiger partial charge in [0.25, 0.3) is 0 Å². The highest BCUT2D eigenvalue weighted by Crippen LogP contribution is 2.15. The van der Waals surface area contributed by atoms with Crippen LogP contribution in [0.5, 0.6) is 5.75 Å². The lowest BCUT2D eigenvalue weighted by atomic mass is 10.1. The highest BCUT2D eigenvalue weighted by molar-refractivity contribution is 5.78. The van der Waals surface area contributed by atoms with E-state index >= 15 is 0 Å². The van der Waals surface area contributed by atoms with Gasteiger partial charge in [-0.2, -0.15) is 8.78 Å². The third kappa shape index (κ3) is 4.45. The highest BCUT2D eigenvalue weighted by Gasteiger charge is 2.15. The lowest BCUT2D eigenvalue weighted by Crippen LogP contribution is -2.35. The van der Waals surface area contributed by atoms with Gasteiger partial charge in [-0.05, 0) is 30.7 Å². The molecule has 0 radical (unpaired) electrons. The van der Waals surface area contributed by atoms with Crippen molar-refractivity contribution in [2.45, 2.75) is 19.5 Å². The second kappa shape index (κ2) is 7.19. The number of halogens is 2. The van der Waals surface area contributed by atoms with E-state index in [2.05, 4.69) is 10.1 Å². The standard InChI is InChI=1S/C14H18F2N2O2/c15-14(16)20-12-4-2-11(3-5-12)10-13(19)18-8-1-6-17-7-9-18/h2-5,14,17H,1,6-10H2. The Morgan fingerprint density at radius 3 is 2.70 bits per heavy atom. The van der Waals surface area contributed by atoms with E-state index in [0.717, 1.165) is 31.6 Å². The summed E-state index contributed by atoms with van der Waals surface area (Å²) in [5.74, 6) is 0.173.